The molecule has 2 N–H and O–H groups in total. The van der Waals surface area contributed by atoms with Gasteiger partial charge in [0.25, 0.3) is 0 Å². The number of fused-ring (bicyclic) bond motifs is 3. The number of carboxylic acid groups (broad SMARTS) is 1. The molecule has 34 heavy (non-hydrogen) atoms. The van der Waals surface area contributed by atoms with E-state index < -0.39 is 17.6 Å². The van der Waals surface area contributed by atoms with E-state index in [1.807, 2.05) is 45.0 Å². The molecule has 0 aromatic heterocycles. The monoisotopic (exact) mass is 466 g/mol. The van der Waals surface area contributed by atoms with Gasteiger partial charge in [-0.3, -0.25) is 9.59 Å². The van der Waals surface area contributed by atoms with Gasteiger partial charge in [-0.1, -0.05) is 55.5 Å². The molecule has 0 radical (unpaired) electrons. The molecule has 2 amide bonds. The lowest BCUT2D eigenvalue weighted by atomic mass is 9.97. The number of carboxylic acids is 1. The minimum atomic E-state index is -0.925. The van der Waals surface area contributed by atoms with Gasteiger partial charge in [-0.15, -0.1) is 0 Å². The van der Waals surface area contributed by atoms with Gasteiger partial charge in [0.1, 0.15) is 6.61 Å². The highest BCUT2D eigenvalue weighted by Gasteiger charge is 2.30. The molecule has 2 aromatic carbocycles. The number of hydrogen-bond donors (Lipinski definition) is 2. The molecular weight excluding hydrogens is 432 g/mol. The molecule has 0 saturated heterocycles. The van der Waals surface area contributed by atoms with E-state index in [0.29, 0.717) is 13.0 Å². The zero-order chi connectivity index (χ0) is 24.7. The Balaban J connectivity index is 1.53. The third-order valence-electron chi connectivity index (χ3n) is 6.19. The fraction of sp³-hybridized carbons (Fsp3) is 0.444. The van der Waals surface area contributed by atoms with E-state index in [0.717, 1.165) is 17.5 Å². The standard InChI is InChI=1S/C27H34N2O5/c1-4-16-29(17-14-25(31)32)24(30)13-15-27(2,3)28-26(33)34-18-23-21-11-7-5-9-19(21)20-10-6-8-12-22(20)23/h5-12,23H,4,13-18H2,1-3H3,(H,28,33)(H,31,32). The first kappa shape index (κ1) is 25.3. The van der Waals surface area contributed by atoms with Crippen LogP contribution in [0.1, 0.15) is 63.5 Å². The van der Waals surface area contributed by atoms with Crippen molar-refractivity contribution >= 4 is 18.0 Å². The number of nitrogens with one attached hydrogen (secondary N) is 1. The second-order valence-corrected chi connectivity index (χ2v) is 9.36. The molecule has 0 atom stereocenters. The molecule has 0 aliphatic heterocycles. The molecule has 1 aliphatic carbocycles. The Morgan fingerprint density at radius 3 is 2.12 bits per heavy atom. The number of carbonyl (C=O) groups excluding carboxylic acids is 2. The van der Waals surface area contributed by atoms with Crippen LogP contribution < -0.4 is 5.32 Å². The number of rotatable bonds is 11. The number of nitrogens with zero attached hydrogens (tertiary/aromatic N) is 1. The van der Waals surface area contributed by atoms with E-state index >= 15 is 0 Å². The van der Waals surface area contributed by atoms with Crippen LogP contribution in [-0.2, 0) is 14.3 Å². The summed E-state index contributed by atoms with van der Waals surface area (Å²) in [5.74, 6) is -1.05. The Morgan fingerprint density at radius 2 is 1.56 bits per heavy atom. The van der Waals surface area contributed by atoms with Crippen LogP contribution in [0.25, 0.3) is 11.1 Å². The number of amides is 2. The van der Waals surface area contributed by atoms with Crippen LogP contribution in [0.5, 0.6) is 0 Å². The zero-order valence-corrected chi connectivity index (χ0v) is 20.2. The predicted molar refractivity (Wildman–Crippen MR) is 131 cm³/mol. The average Bonchev–Trinajstić information content (AvgIpc) is 3.12. The number of aliphatic carboxylic acids is 1. The molecule has 7 nitrogen and oxygen atoms in total. The summed E-state index contributed by atoms with van der Waals surface area (Å²) in [5.41, 5.74) is 4.00. The Bertz CT molecular complexity index is 988. The third kappa shape index (κ3) is 6.37. The molecule has 0 saturated carbocycles. The van der Waals surface area contributed by atoms with Gasteiger partial charge in [0.05, 0.1) is 6.42 Å². The van der Waals surface area contributed by atoms with Gasteiger partial charge < -0.3 is 20.1 Å². The highest BCUT2D eigenvalue weighted by atomic mass is 16.5. The first-order valence-corrected chi connectivity index (χ1v) is 11.8. The fourth-order valence-electron chi connectivity index (χ4n) is 4.41. The van der Waals surface area contributed by atoms with Crippen LogP contribution >= 0.6 is 0 Å². The third-order valence-corrected chi connectivity index (χ3v) is 6.19. The van der Waals surface area contributed by atoms with Crippen molar-refractivity contribution in [2.45, 2.75) is 57.9 Å². The molecule has 1 aliphatic rings. The Morgan fingerprint density at radius 1 is 0.971 bits per heavy atom. The highest BCUT2D eigenvalue weighted by Crippen LogP contribution is 2.44. The van der Waals surface area contributed by atoms with Gasteiger partial charge in [0.15, 0.2) is 0 Å². The van der Waals surface area contributed by atoms with E-state index in [1.54, 1.807) is 4.90 Å². The lowest BCUT2D eigenvalue weighted by Gasteiger charge is -2.28. The molecule has 182 valence electrons. The van der Waals surface area contributed by atoms with E-state index in [2.05, 4.69) is 29.6 Å². The number of carbonyl (C=O) groups is 3. The number of benzene rings is 2. The maximum Gasteiger partial charge on any atom is 0.407 e. The molecule has 0 heterocycles. The Labute approximate surface area is 201 Å². The van der Waals surface area contributed by atoms with Crippen LogP contribution in [0.15, 0.2) is 48.5 Å². The molecular formula is C27H34N2O5. The molecule has 0 bridgehead atoms. The van der Waals surface area contributed by atoms with Crippen molar-refractivity contribution in [2.24, 2.45) is 0 Å². The van der Waals surface area contributed by atoms with Crippen molar-refractivity contribution in [1.82, 2.24) is 10.2 Å². The summed E-state index contributed by atoms with van der Waals surface area (Å²) in [5, 5.41) is 11.8. The van der Waals surface area contributed by atoms with Gasteiger partial charge in [-0.25, -0.2) is 4.79 Å². The van der Waals surface area contributed by atoms with Crippen molar-refractivity contribution in [3.05, 3.63) is 59.7 Å². The van der Waals surface area contributed by atoms with Crippen LogP contribution in [0.4, 0.5) is 4.79 Å². The van der Waals surface area contributed by atoms with Crippen LogP contribution in [0.2, 0.25) is 0 Å². The van der Waals surface area contributed by atoms with Crippen LogP contribution in [0.3, 0.4) is 0 Å². The van der Waals surface area contributed by atoms with Crippen molar-refractivity contribution in [3.63, 3.8) is 0 Å². The van der Waals surface area contributed by atoms with Gasteiger partial charge in [-0.05, 0) is 48.9 Å². The highest BCUT2D eigenvalue weighted by molar-refractivity contribution is 5.79. The summed E-state index contributed by atoms with van der Waals surface area (Å²) in [6.07, 6.45) is 0.801. The molecule has 3 rings (SSSR count). The lowest BCUT2D eigenvalue weighted by Crippen LogP contribution is -2.45. The fourth-order valence-corrected chi connectivity index (χ4v) is 4.41. The molecule has 0 fully saturated rings. The van der Waals surface area contributed by atoms with Crippen molar-refractivity contribution in [1.29, 1.82) is 0 Å². The van der Waals surface area contributed by atoms with E-state index in [4.69, 9.17) is 9.84 Å². The van der Waals surface area contributed by atoms with E-state index in [-0.39, 0.29) is 37.8 Å². The quantitative estimate of drug-likeness (QED) is 0.496. The van der Waals surface area contributed by atoms with Crippen molar-refractivity contribution < 1.29 is 24.2 Å². The van der Waals surface area contributed by atoms with Gasteiger partial charge >= 0.3 is 12.1 Å². The maximum absolute atomic E-state index is 12.6. The average molecular weight is 467 g/mol. The summed E-state index contributed by atoms with van der Waals surface area (Å²) in [6, 6.07) is 16.3. The Hall–Kier alpha value is -3.35. The summed E-state index contributed by atoms with van der Waals surface area (Å²) >= 11 is 0. The maximum atomic E-state index is 12.6. The first-order chi connectivity index (χ1) is 16.2. The SMILES string of the molecule is CCCN(CCC(=O)O)C(=O)CCC(C)(C)NC(=O)OCC1c2ccccc2-c2ccccc21. The first-order valence-electron chi connectivity index (χ1n) is 11.8. The van der Waals surface area contributed by atoms with E-state index in [9.17, 15) is 14.4 Å². The summed E-state index contributed by atoms with van der Waals surface area (Å²) in [7, 11) is 0. The minimum Gasteiger partial charge on any atom is -0.481 e. The number of alkyl carbamates (subject to hydrolysis) is 1. The topological polar surface area (TPSA) is 95.9 Å². The van der Waals surface area contributed by atoms with Gasteiger partial charge in [0, 0.05) is 31.0 Å². The molecule has 7 heteroatoms. The van der Waals surface area contributed by atoms with E-state index in [1.165, 1.54) is 11.1 Å². The molecule has 2 aromatic rings. The smallest absolute Gasteiger partial charge is 0.407 e. The molecule has 0 spiro atoms. The van der Waals surface area contributed by atoms with Crippen LogP contribution in [-0.4, -0.2) is 53.2 Å². The summed E-state index contributed by atoms with van der Waals surface area (Å²) in [6.45, 7) is 6.60. The van der Waals surface area contributed by atoms with Crippen molar-refractivity contribution in [3.8, 4) is 11.1 Å². The summed E-state index contributed by atoms with van der Waals surface area (Å²) in [4.78, 5) is 37.6. The van der Waals surface area contributed by atoms with Gasteiger partial charge in [-0.2, -0.15) is 0 Å². The number of ether oxygens (including phenoxy) is 1. The molecule has 0 unspecified atom stereocenters. The van der Waals surface area contributed by atoms with Crippen LogP contribution in [0, 0.1) is 0 Å². The Kier molecular flexibility index (Phi) is 8.31. The minimum absolute atomic E-state index is 0.0142. The zero-order valence-electron chi connectivity index (χ0n) is 20.2. The largest absolute Gasteiger partial charge is 0.481 e. The lowest BCUT2D eigenvalue weighted by molar-refractivity contribution is -0.138. The normalized spacial score (nSPS) is 12.6. The predicted octanol–water partition coefficient (Wildman–Crippen LogP) is 4.80. The van der Waals surface area contributed by atoms with Gasteiger partial charge in [0.2, 0.25) is 5.91 Å². The second kappa shape index (κ2) is 11.2. The number of hydrogen-bond acceptors (Lipinski definition) is 4. The summed E-state index contributed by atoms with van der Waals surface area (Å²) < 4.78 is 5.62. The second-order valence-electron chi connectivity index (χ2n) is 9.36. The van der Waals surface area contributed by atoms with Crippen molar-refractivity contribution in [2.75, 3.05) is 19.7 Å².